The van der Waals surface area contributed by atoms with E-state index in [1.165, 1.54) is 6.42 Å². The summed E-state index contributed by atoms with van der Waals surface area (Å²) in [5, 5.41) is 0. The molecule has 5 heteroatoms. The van der Waals surface area contributed by atoms with Gasteiger partial charge in [-0.05, 0) is 31.1 Å². The van der Waals surface area contributed by atoms with E-state index in [4.69, 9.17) is 10.5 Å². The molecule has 1 aliphatic heterocycles. The molecule has 118 valence electrons. The van der Waals surface area contributed by atoms with Crippen molar-refractivity contribution in [1.82, 2.24) is 4.90 Å². The lowest BCUT2D eigenvalue weighted by Gasteiger charge is -2.49. The van der Waals surface area contributed by atoms with Gasteiger partial charge in [0.1, 0.15) is 0 Å². The van der Waals surface area contributed by atoms with E-state index in [9.17, 15) is 4.79 Å². The highest BCUT2D eigenvalue weighted by atomic mass is 35.5. The largest absolute Gasteiger partial charge is 0.385 e. The van der Waals surface area contributed by atoms with E-state index in [2.05, 4.69) is 18.7 Å². The summed E-state index contributed by atoms with van der Waals surface area (Å²) in [6.45, 7) is 6.63. The van der Waals surface area contributed by atoms with Gasteiger partial charge in [0.05, 0.1) is 5.41 Å². The summed E-state index contributed by atoms with van der Waals surface area (Å²) in [6.07, 6.45) is 5.01. The van der Waals surface area contributed by atoms with Crippen LogP contribution in [-0.4, -0.2) is 43.7 Å². The van der Waals surface area contributed by atoms with E-state index < -0.39 is 0 Å². The lowest BCUT2D eigenvalue weighted by atomic mass is 9.65. The molecule has 0 aromatic carbocycles. The molecular formula is C15H29ClN2O2. The maximum atomic E-state index is 12.8. The van der Waals surface area contributed by atoms with Crippen LogP contribution in [0.2, 0.25) is 0 Å². The Morgan fingerprint density at radius 2 is 2.05 bits per heavy atom. The SMILES string of the molecule is COCCC1(C(=O)N2CCC(N)C(C)(C)C2)CCC1.Cl. The molecule has 1 aliphatic carbocycles. The Morgan fingerprint density at radius 1 is 1.40 bits per heavy atom. The Morgan fingerprint density at radius 3 is 2.50 bits per heavy atom. The second-order valence-corrected chi connectivity index (χ2v) is 6.99. The van der Waals surface area contributed by atoms with Gasteiger partial charge in [-0.15, -0.1) is 12.4 Å². The van der Waals surface area contributed by atoms with Crippen molar-refractivity contribution in [3.63, 3.8) is 0 Å². The number of amides is 1. The van der Waals surface area contributed by atoms with Crippen LogP contribution in [0.15, 0.2) is 0 Å². The minimum atomic E-state index is -0.131. The lowest BCUT2D eigenvalue weighted by molar-refractivity contribution is -0.152. The van der Waals surface area contributed by atoms with Crippen LogP contribution in [0.5, 0.6) is 0 Å². The summed E-state index contributed by atoms with van der Waals surface area (Å²) in [6, 6.07) is 0.202. The van der Waals surface area contributed by atoms with Crippen LogP contribution in [0, 0.1) is 10.8 Å². The number of rotatable bonds is 4. The molecule has 1 saturated heterocycles. The smallest absolute Gasteiger partial charge is 0.228 e. The van der Waals surface area contributed by atoms with E-state index in [1.807, 2.05) is 0 Å². The third kappa shape index (κ3) is 3.29. The first kappa shape index (κ1) is 17.7. The van der Waals surface area contributed by atoms with E-state index >= 15 is 0 Å². The number of hydrogen-bond acceptors (Lipinski definition) is 3. The summed E-state index contributed by atoms with van der Waals surface area (Å²) < 4.78 is 5.18. The number of carbonyl (C=O) groups excluding carboxylic acids is 1. The van der Waals surface area contributed by atoms with Gasteiger partial charge in [0.15, 0.2) is 0 Å². The molecule has 1 unspecified atom stereocenters. The van der Waals surface area contributed by atoms with Gasteiger partial charge in [-0.25, -0.2) is 0 Å². The molecule has 2 rings (SSSR count). The fourth-order valence-corrected chi connectivity index (χ4v) is 3.35. The molecule has 1 heterocycles. The van der Waals surface area contributed by atoms with Gasteiger partial charge in [0, 0.05) is 32.8 Å². The molecule has 1 saturated carbocycles. The second kappa shape index (κ2) is 6.63. The molecule has 1 atom stereocenters. The molecule has 0 bridgehead atoms. The van der Waals surface area contributed by atoms with Gasteiger partial charge in [0.25, 0.3) is 0 Å². The molecule has 0 aromatic heterocycles. The van der Waals surface area contributed by atoms with Gasteiger partial charge in [-0.2, -0.15) is 0 Å². The van der Waals surface area contributed by atoms with E-state index in [0.29, 0.717) is 12.5 Å². The molecule has 2 N–H and O–H groups in total. The standard InChI is InChI=1S/C15H28N2O2.ClH/c1-14(2)11-17(9-5-12(14)16)13(18)15(6-4-7-15)8-10-19-3;/h12H,4-11,16H2,1-3H3;1H. The summed E-state index contributed by atoms with van der Waals surface area (Å²) in [5.74, 6) is 0.343. The van der Waals surface area contributed by atoms with Crippen molar-refractivity contribution in [2.75, 3.05) is 26.8 Å². The fourth-order valence-electron chi connectivity index (χ4n) is 3.35. The zero-order chi connectivity index (χ0) is 14.1. The zero-order valence-electron chi connectivity index (χ0n) is 13.0. The number of piperidine rings is 1. The predicted octanol–water partition coefficient (Wildman–Crippen LogP) is 2.20. The highest BCUT2D eigenvalue weighted by Crippen LogP contribution is 2.46. The third-order valence-electron chi connectivity index (χ3n) is 5.15. The minimum Gasteiger partial charge on any atom is -0.385 e. The number of halogens is 1. The van der Waals surface area contributed by atoms with Gasteiger partial charge in [0.2, 0.25) is 5.91 Å². The highest BCUT2D eigenvalue weighted by molar-refractivity contribution is 5.85. The minimum absolute atomic E-state index is 0. The topological polar surface area (TPSA) is 55.6 Å². The summed E-state index contributed by atoms with van der Waals surface area (Å²) in [5.41, 5.74) is 6.05. The molecule has 0 aromatic rings. The first-order valence-corrected chi connectivity index (χ1v) is 7.45. The van der Waals surface area contributed by atoms with Crippen LogP contribution in [-0.2, 0) is 9.53 Å². The zero-order valence-corrected chi connectivity index (χ0v) is 13.8. The van der Waals surface area contributed by atoms with Crippen LogP contribution in [0.25, 0.3) is 0 Å². The summed E-state index contributed by atoms with van der Waals surface area (Å²) in [7, 11) is 1.71. The van der Waals surface area contributed by atoms with Crippen molar-refractivity contribution in [1.29, 1.82) is 0 Å². The maximum Gasteiger partial charge on any atom is 0.228 e. The van der Waals surface area contributed by atoms with Gasteiger partial charge < -0.3 is 15.4 Å². The van der Waals surface area contributed by atoms with Gasteiger partial charge in [-0.3, -0.25) is 4.79 Å². The van der Waals surface area contributed by atoms with Gasteiger partial charge >= 0.3 is 0 Å². The van der Waals surface area contributed by atoms with E-state index in [0.717, 1.165) is 38.8 Å². The number of ether oxygens (including phenoxy) is 1. The molecule has 20 heavy (non-hydrogen) atoms. The molecule has 2 aliphatic rings. The van der Waals surface area contributed by atoms with Crippen LogP contribution in [0.1, 0.15) is 46.0 Å². The maximum absolute atomic E-state index is 12.8. The normalized spacial score (nSPS) is 27.4. The Bertz CT molecular complexity index is 343. The Balaban J connectivity index is 0.00000200. The van der Waals surface area contributed by atoms with Crippen molar-refractivity contribution in [3.05, 3.63) is 0 Å². The Labute approximate surface area is 128 Å². The average molecular weight is 305 g/mol. The molecule has 2 fully saturated rings. The molecule has 1 amide bonds. The Kier molecular flexibility index (Phi) is 5.88. The first-order chi connectivity index (χ1) is 8.91. The molecular weight excluding hydrogens is 276 g/mol. The van der Waals surface area contributed by atoms with Crippen molar-refractivity contribution in [2.24, 2.45) is 16.6 Å². The van der Waals surface area contributed by atoms with Crippen LogP contribution in [0.3, 0.4) is 0 Å². The van der Waals surface area contributed by atoms with Crippen LogP contribution >= 0.6 is 12.4 Å². The summed E-state index contributed by atoms with van der Waals surface area (Å²) >= 11 is 0. The van der Waals surface area contributed by atoms with Crippen molar-refractivity contribution in [3.8, 4) is 0 Å². The van der Waals surface area contributed by atoms with Crippen molar-refractivity contribution in [2.45, 2.75) is 52.0 Å². The molecule has 4 nitrogen and oxygen atoms in total. The van der Waals surface area contributed by atoms with Gasteiger partial charge in [-0.1, -0.05) is 20.3 Å². The Hall–Kier alpha value is -0.320. The van der Waals surface area contributed by atoms with Crippen molar-refractivity contribution < 1.29 is 9.53 Å². The van der Waals surface area contributed by atoms with E-state index in [-0.39, 0.29) is 29.3 Å². The average Bonchev–Trinajstić information content (AvgIpc) is 2.31. The van der Waals surface area contributed by atoms with Crippen LogP contribution < -0.4 is 5.73 Å². The number of nitrogens with two attached hydrogens (primary N) is 1. The number of methoxy groups -OCH3 is 1. The lowest BCUT2D eigenvalue weighted by Crippen LogP contribution is -2.58. The fraction of sp³-hybridized carbons (Fsp3) is 0.933. The second-order valence-electron chi connectivity index (χ2n) is 6.99. The van der Waals surface area contributed by atoms with E-state index in [1.54, 1.807) is 7.11 Å². The number of likely N-dealkylation sites (tertiary alicyclic amines) is 1. The number of nitrogens with zero attached hydrogens (tertiary/aromatic N) is 1. The van der Waals surface area contributed by atoms with Crippen molar-refractivity contribution >= 4 is 18.3 Å². The number of carbonyl (C=O) groups is 1. The van der Waals surface area contributed by atoms with Crippen LogP contribution in [0.4, 0.5) is 0 Å². The predicted molar refractivity (Wildman–Crippen MR) is 83.0 cm³/mol. The summed E-state index contributed by atoms with van der Waals surface area (Å²) in [4.78, 5) is 14.9. The molecule has 0 spiro atoms. The third-order valence-corrected chi connectivity index (χ3v) is 5.15. The monoisotopic (exact) mass is 304 g/mol. The highest BCUT2D eigenvalue weighted by Gasteiger charge is 2.47. The first-order valence-electron chi connectivity index (χ1n) is 7.45. The molecule has 0 radical (unpaired) electrons. The number of hydrogen-bond donors (Lipinski definition) is 1. The quantitative estimate of drug-likeness (QED) is 0.866.